The number of Topliss-reactive ketones (excluding diaryl/α,β-unsaturated/α-hetero) is 1. The van der Waals surface area contributed by atoms with Crippen LogP contribution in [0.2, 0.25) is 4.47 Å². The van der Waals surface area contributed by atoms with Crippen LogP contribution in [-0.4, -0.2) is 23.8 Å². The van der Waals surface area contributed by atoms with E-state index in [1.54, 1.807) is 24.4 Å². The second kappa shape index (κ2) is 4.88. The normalized spacial score (nSPS) is 13.8. The molecule has 0 atom stereocenters. The van der Waals surface area contributed by atoms with Gasteiger partial charge < -0.3 is 4.74 Å². The number of carbonyl (C=O) groups excluding carboxylic acids is 2. The van der Waals surface area contributed by atoms with Gasteiger partial charge in [0, 0.05) is 11.1 Å². The summed E-state index contributed by atoms with van der Waals surface area (Å²) in [6.07, 6.45) is 1.60. The first-order valence-corrected chi connectivity index (χ1v) is 6.94. The van der Waals surface area contributed by atoms with Gasteiger partial charge in [-0.3, -0.25) is 14.5 Å². The Hall–Kier alpha value is -1.92. The number of hydrogen-bond acceptors (Lipinski definition) is 5. The molecule has 7 heteroatoms. The minimum Gasteiger partial charge on any atom is -0.497 e. The van der Waals surface area contributed by atoms with Gasteiger partial charge in [-0.1, -0.05) is 11.6 Å². The molecule has 3 rings (SSSR count). The SMILES string of the molecule is COc1ccc2c(c1)C(=O)C(=O)N2Cc1cnc(Cl)s1. The number of methoxy groups -OCH3 is 1. The van der Waals surface area contributed by atoms with Crippen molar-refractivity contribution in [1.82, 2.24) is 4.98 Å². The first kappa shape index (κ1) is 13.1. The molecule has 0 radical (unpaired) electrons. The number of benzene rings is 1. The smallest absolute Gasteiger partial charge is 0.299 e. The topological polar surface area (TPSA) is 59.5 Å². The van der Waals surface area contributed by atoms with Gasteiger partial charge in [0.25, 0.3) is 11.7 Å². The average Bonchev–Trinajstić information content (AvgIpc) is 2.96. The number of anilines is 1. The van der Waals surface area contributed by atoms with Gasteiger partial charge in [0.15, 0.2) is 4.47 Å². The van der Waals surface area contributed by atoms with Crippen LogP contribution in [0.5, 0.6) is 5.75 Å². The van der Waals surface area contributed by atoms with Crippen LogP contribution in [0, 0.1) is 0 Å². The van der Waals surface area contributed by atoms with Crippen LogP contribution in [0.3, 0.4) is 0 Å². The molecule has 2 aromatic rings. The number of carbonyl (C=O) groups is 2. The quantitative estimate of drug-likeness (QED) is 0.818. The van der Waals surface area contributed by atoms with Crippen LogP contribution in [0.15, 0.2) is 24.4 Å². The number of thiazole rings is 1. The van der Waals surface area contributed by atoms with Gasteiger partial charge >= 0.3 is 0 Å². The maximum absolute atomic E-state index is 12.1. The van der Waals surface area contributed by atoms with E-state index in [4.69, 9.17) is 16.3 Å². The largest absolute Gasteiger partial charge is 0.497 e. The molecule has 0 unspecified atom stereocenters. The van der Waals surface area contributed by atoms with E-state index in [0.717, 1.165) is 4.88 Å². The second-order valence-electron chi connectivity index (χ2n) is 4.18. The fraction of sp³-hybridized carbons (Fsp3) is 0.154. The highest BCUT2D eigenvalue weighted by atomic mass is 35.5. The molecule has 1 aromatic heterocycles. The van der Waals surface area contributed by atoms with E-state index in [9.17, 15) is 9.59 Å². The zero-order valence-corrected chi connectivity index (χ0v) is 12.0. The van der Waals surface area contributed by atoms with Gasteiger partial charge in [-0.05, 0) is 18.2 Å². The molecule has 1 aromatic carbocycles. The molecule has 1 aliphatic heterocycles. The molecule has 0 saturated carbocycles. The number of fused-ring (bicyclic) bond motifs is 1. The number of hydrogen-bond donors (Lipinski definition) is 0. The molecule has 1 aliphatic rings. The summed E-state index contributed by atoms with van der Waals surface area (Å²) in [4.78, 5) is 30.2. The van der Waals surface area contributed by atoms with E-state index in [1.165, 1.54) is 23.3 Å². The number of ketones is 1. The predicted octanol–water partition coefficient (Wildman–Crippen LogP) is 2.53. The Labute approximate surface area is 123 Å². The standard InChI is InChI=1S/C13H9ClN2O3S/c1-19-7-2-3-10-9(4-7)11(17)12(18)16(10)6-8-5-15-13(14)20-8/h2-5H,6H2,1H3. The van der Waals surface area contributed by atoms with Crippen molar-refractivity contribution < 1.29 is 14.3 Å². The van der Waals surface area contributed by atoms with Crippen molar-refractivity contribution in [2.45, 2.75) is 6.54 Å². The van der Waals surface area contributed by atoms with E-state index >= 15 is 0 Å². The summed E-state index contributed by atoms with van der Waals surface area (Å²) in [5.74, 6) is -0.514. The molecule has 0 saturated heterocycles. The monoisotopic (exact) mass is 308 g/mol. The van der Waals surface area contributed by atoms with Crippen LogP contribution in [0.4, 0.5) is 5.69 Å². The highest BCUT2D eigenvalue weighted by molar-refractivity contribution is 7.15. The maximum atomic E-state index is 12.1. The lowest BCUT2D eigenvalue weighted by Gasteiger charge is -2.15. The first-order chi connectivity index (χ1) is 9.60. The van der Waals surface area contributed by atoms with E-state index in [1.807, 2.05) is 0 Å². The van der Waals surface area contributed by atoms with Gasteiger partial charge in [-0.25, -0.2) is 4.98 Å². The van der Waals surface area contributed by atoms with Crippen LogP contribution in [0.1, 0.15) is 15.2 Å². The fourth-order valence-corrected chi connectivity index (χ4v) is 3.04. The van der Waals surface area contributed by atoms with E-state index in [2.05, 4.69) is 4.98 Å². The molecule has 2 heterocycles. The minimum absolute atomic E-state index is 0.286. The molecule has 0 spiro atoms. The zero-order chi connectivity index (χ0) is 14.3. The summed E-state index contributed by atoms with van der Waals surface area (Å²) in [5.41, 5.74) is 0.954. The number of halogens is 1. The summed E-state index contributed by atoms with van der Waals surface area (Å²) >= 11 is 7.06. The predicted molar refractivity (Wildman–Crippen MR) is 75.6 cm³/mol. The molecular formula is C13H9ClN2O3S. The van der Waals surface area contributed by atoms with Crippen molar-refractivity contribution in [3.63, 3.8) is 0 Å². The van der Waals surface area contributed by atoms with E-state index in [0.29, 0.717) is 21.5 Å². The highest BCUT2D eigenvalue weighted by Gasteiger charge is 2.36. The third kappa shape index (κ3) is 2.07. The average molecular weight is 309 g/mol. The molecule has 0 N–H and O–H groups in total. The van der Waals surface area contributed by atoms with E-state index in [-0.39, 0.29) is 6.54 Å². The number of aromatic nitrogens is 1. The summed E-state index contributed by atoms with van der Waals surface area (Å²) in [5, 5.41) is 0. The number of nitrogens with zero attached hydrogens (tertiary/aromatic N) is 2. The van der Waals surface area contributed by atoms with Crippen molar-refractivity contribution in [3.8, 4) is 5.75 Å². The lowest BCUT2D eigenvalue weighted by Crippen LogP contribution is -2.28. The third-order valence-electron chi connectivity index (χ3n) is 3.02. The summed E-state index contributed by atoms with van der Waals surface area (Å²) < 4.78 is 5.48. The van der Waals surface area contributed by atoms with Crippen LogP contribution in [0.25, 0.3) is 0 Å². The van der Waals surface area contributed by atoms with Gasteiger partial charge in [-0.2, -0.15) is 0 Å². The number of amides is 1. The van der Waals surface area contributed by atoms with Crippen molar-refractivity contribution in [3.05, 3.63) is 39.3 Å². The minimum atomic E-state index is -0.544. The third-order valence-corrected chi connectivity index (χ3v) is 4.12. The Morgan fingerprint density at radius 2 is 2.20 bits per heavy atom. The van der Waals surface area contributed by atoms with Gasteiger partial charge in [0.05, 0.1) is 24.9 Å². The Morgan fingerprint density at radius 1 is 1.40 bits per heavy atom. The maximum Gasteiger partial charge on any atom is 0.299 e. The van der Waals surface area contributed by atoms with Crippen molar-refractivity contribution in [1.29, 1.82) is 0 Å². The highest BCUT2D eigenvalue weighted by Crippen LogP contribution is 2.34. The van der Waals surface area contributed by atoms with Gasteiger partial charge in [0.1, 0.15) is 5.75 Å². The zero-order valence-electron chi connectivity index (χ0n) is 10.4. The number of rotatable bonds is 3. The number of ether oxygens (including phenoxy) is 1. The lowest BCUT2D eigenvalue weighted by molar-refractivity contribution is -0.114. The van der Waals surface area contributed by atoms with E-state index < -0.39 is 11.7 Å². The molecule has 5 nitrogen and oxygen atoms in total. The summed E-state index contributed by atoms with van der Waals surface area (Å²) in [6, 6.07) is 5.01. The molecule has 0 bridgehead atoms. The molecule has 20 heavy (non-hydrogen) atoms. The molecule has 102 valence electrons. The molecular weight excluding hydrogens is 300 g/mol. The molecule has 1 amide bonds. The van der Waals surface area contributed by atoms with Crippen LogP contribution in [-0.2, 0) is 11.3 Å². The van der Waals surface area contributed by atoms with Crippen molar-refractivity contribution in [2.75, 3.05) is 12.0 Å². The molecule has 0 fully saturated rings. The van der Waals surface area contributed by atoms with Gasteiger partial charge in [-0.15, -0.1) is 11.3 Å². The van der Waals surface area contributed by atoms with Crippen molar-refractivity contribution in [2.24, 2.45) is 0 Å². The Kier molecular flexibility index (Phi) is 3.19. The Bertz CT molecular complexity index is 713. The van der Waals surface area contributed by atoms with Crippen LogP contribution < -0.4 is 9.64 Å². The summed E-state index contributed by atoms with van der Waals surface area (Å²) in [7, 11) is 1.51. The summed E-state index contributed by atoms with van der Waals surface area (Å²) in [6.45, 7) is 0.286. The van der Waals surface area contributed by atoms with Gasteiger partial charge in [0.2, 0.25) is 0 Å². The molecule has 0 aliphatic carbocycles. The lowest BCUT2D eigenvalue weighted by atomic mass is 10.1. The Balaban J connectivity index is 1.98. The second-order valence-corrected chi connectivity index (χ2v) is 5.88. The van der Waals surface area contributed by atoms with Crippen LogP contribution >= 0.6 is 22.9 Å². The van der Waals surface area contributed by atoms with Crippen molar-refractivity contribution >= 4 is 40.3 Å². The fourth-order valence-electron chi connectivity index (χ4n) is 2.08. The Morgan fingerprint density at radius 3 is 2.85 bits per heavy atom. The first-order valence-electron chi connectivity index (χ1n) is 5.74.